The van der Waals surface area contributed by atoms with Gasteiger partial charge in [-0.15, -0.1) is 0 Å². The summed E-state index contributed by atoms with van der Waals surface area (Å²) in [6.07, 6.45) is 8.45. The van der Waals surface area contributed by atoms with Crippen LogP contribution in [0.15, 0.2) is 0 Å². The molecule has 0 aromatic rings. The second kappa shape index (κ2) is 9.00. The van der Waals surface area contributed by atoms with Crippen LogP contribution in [0.25, 0.3) is 0 Å². The molecule has 2 N–H and O–H groups in total. The lowest BCUT2D eigenvalue weighted by Gasteiger charge is -2.23. The summed E-state index contributed by atoms with van der Waals surface area (Å²) >= 11 is 0. The van der Waals surface area contributed by atoms with Crippen LogP contribution in [0.1, 0.15) is 52.4 Å². The van der Waals surface area contributed by atoms with Crippen molar-refractivity contribution in [3.05, 3.63) is 0 Å². The summed E-state index contributed by atoms with van der Waals surface area (Å²) in [5, 5.41) is 6.67. The van der Waals surface area contributed by atoms with E-state index in [4.69, 9.17) is 0 Å². The Bertz CT molecular complexity index is 135. The molecule has 0 saturated carbocycles. The average molecular weight is 226 g/mol. The van der Waals surface area contributed by atoms with Crippen LogP contribution in [0.2, 0.25) is 0 Å². The van der Waals surface area contributed by atoms with Gasteiger partial charge in [-0.3, -0.25) is 0 Å². The van der Waals surface area contributed by atoms with Gasteiger partial charge in [0, 0.05) is 0 Å². The van der Waals surface area contributed by atoms with Crippen molar-refractivity contribution < 1.29 is 0 Å². The minimum Gasteiger partial charge on any atom is -0.317 e. The van der Waals surface area contributed by atoms with Crippen LogP contribution in [0.5, 0.6) is 0 Å². The minimum absolute atomic E-state index is 0.892. The van der Waals surface area contributed by atoms with Crippen molar-refractivity contribution in [2.45, 2.75) is 52.4 Å². The lowest BCUT2D eigenvalue weighted by molar-refractivity contribution is 0.318. The molecule has 0 spiro atoms. The van der Waals surface area contributed by atoms with Gasteiger partial charge in [0.2, 0.25) is 0 Å². The van der Waals surface area contributed by atoms with Gasteiger partial charge < -0.3 is 10.6 Å². The largest absolute Gasteiger partial charge is 0.317 e. The zero-order valence-electron chi connectivity index (χ0n) is 11.2. The lowest BCUT2D eigenvalue weighted by atomic mass is 9.89. The van der Waals surface area contributed by atoms with Gasteiger partial charge in [-0.1, -0.05) is 20.3 Å². The van der Waals surface area contributed by atoms with E-state index >= 15 is 0 Å². The molecule has 0 aromatic carbocycles. The highest BCUT2D eigenvalue weighted by molar-refractivity contribution is 4.69. The molecule has 0 radical (unpaired) electrons. The quantitative estimate of drug-likeness (QED) is 0.756. The van der Waals surface area contributed by atoms with Crippen molar-refractivity contribution in [1.29, 1.82) is 0 Å². The zero-order valence-corrected chi connectivity index (χ0v) is 11.2. The van der Waals surface area contributed by atoms with E-state index < -0.39 is 0 Å². The van der Waals surface area contributed by atoms with Crippen molar-refractivity contribution in [3.8, 4) is 0 Å². The third-order valence-corrected chi connectivity index (χ3v) is 3.47. The van der Waals surface area contributed by atoms with E-state index in [9.17, 15) is 0 Å². The number of hydrogen-bond donors (Lipinski definition) is 2. The third kappa shape index (κ3) is 7.24. The van der Waals surface area contributed by atoms with Gasteiger partial charge in [-0.2, -0.15) is 0 Å². The average Bonchev–Trinajstić information content (AvgIpc) is 2.32. The maximum absolute atomic E-state index is 3.39. The van der Waals surface area contributed by atoms with Crippen LogP contribution in [0.3, 0.4) is 0 Å². The molecule has 2 fully saturated rings. The molecule has 0 aliphatic carbocycles. The Morgan fingerprint density at radius 2 is 1.44 bits per heavy atom. The molecule has 0 atom stereocenters. The Labute approximate surface area is 102 Å². The van der Waals surface area contributed by atoms with Gasteiger partial charge in [0.1, 0.15) is 0 Å². The van der Waals surface area contributed by atoms with Crippen LogP contribution in [0, 0.1) is 11.8 Å². The molecule has 2 heterocycles. The molecule has 0 amide bonds. The molecule has 2 saturated heterocycles. The normalized spacial score (nSPS) is 22.7. The molecule has 2 rings (SSSR count). The van der Waals surface area contributed by atoms with Gasteiger partial charge >= 0.3 is 0 Å². The molecule has 2 aliphatic heterocycles. The molecule has 2 heteroatoms. The third-order valence-electron chi connectivity index (χ3n) is 3.47. The highest BCUT2D eigenvalue weighted by atomic mass is 14.9. The molecule has 0 unspecified atom stereocenters. The smallest absolute Gasteiger partial charge is 0.00463 e. The van der Waals surface area contributed by atoms with Crippen molar-refractivity contribution >= 4 is 0 Å². The van der Waals surface area contributed by atoms with E-state index in [0.717, 1.165) is 11.8 Å². The maximum atomic E-state index is 3.39. The van der Waals surface area contributed by atoms with Crippen LogP contribution in [0.4, 0.5) is 0 Å². The topological polar surface area (TPSA) is 24.1 Å². The molecule has 16 heavy (non-hydrogen) atoms. The first-order valence-electron chi connectivity index (χ1n) is 7.20. The van der Waals surface area contributed by atoms with E-state index in [1.807, 2.05) is 0 Å². The molecule has 2 aliphatic rings. The molecular weight excluding hydrogens is 196 g/mol. The zero-order chi connectivity index (χ0) is 11.6. The molecule has 2 nitrogen and oxygen atoms in total. The summed E-state index contributed by atoms with van der Waals surface area (Å²) in [5.41, 5.74) is 0. The summed E-state index contributed by atoms with van der Waals surface area (Å²) in [6, 6.07) is 0. The Morgan fingerprint density at radius 3 is 1.81 bits per heavy atom. The van der Waals surface area contributed by atoms with E-state index in [1.165, 1.54) is 64.7 Å². The summed E-state index contributed by atoms with van der Waals surface area (Å²) in [5.74, 6) is 1.91. The fraction of sp³-hybridized carbons (Fsp3) is 1.00. The van der Waals surface area contributed by atoms with Gasteiger partial charge in [-0.05, 0) is 70.1 Å². The fourth-order valence-corrected chi connectivity index (χ4v) is 2.59. The second-order valence-corrected chi connectivity index (χ2v) is 5.63. The molecule has 0 aromatic heterocycles. The highest BCUT2D eigenvalue weighted by Crippen LogP contribution is 2.20. The molecular formula is C14H30N2. The first-order chi connectivity index (χ1) is 7.79. The number of piperidine rings is 2. The second-order valence-electron chi connectivity index (χ2n) is 5.63. The van der Waals surface area contributed by atoms with Gasteiger partial charge in [0.05, 0.1) is 0 Å². The van der Waals surface area contributed by atoms with Crippen LogP contribution >= 0.6 is 0 Å². The summed E-state index contributed by atoms with van der Waals surface area (Å²) in [4.78, 5) is 0. The monoisotopic (exact) mass is 226 g/mol. The number of nitrogens with one attached hydrogen (secondary N) is 2. The van der Waals surface area contributed by atoms with Gasteiger partial charge in [-0.25, -0.2) is 0 Å². The van der Waals surface area contributed by atoms with E-state index in [-0.39, 0.29) is 0 Å². The standard InChI is InChI=1S/C9H19N.C5H11N/c1-8(2)7-9-3-5-10-6-4-9;1-2-4-6-5-3-1/h8-10H,3-7H2,1-2H3;6H,1-5H2. The van der Waals surface area contributed by atoms with E-state index in [2.05, 4.69) is 24.5 Å². The van der Waals surface area contributed by atoms with Gasteiger partial charge in [0.25, 0.3) is 0 Å². The predicted molar refractivity (Wildman–Crippen MR) is 71.8 cm³/mol. The molecule has 96 valence electrons. The van der Waals surface area contributed by atoms with Crippen molar-refractivity contribution in [3.63, 3.8) is 0 Å². The first kappa shape index (κ1) is 14.0. The summed E-state index contributed by atoms with van der Waals surface area (Å²) < 4.78 is 0. The summed E-state index contributed by atoms with van der Waals surface area (Å²) in [7, 11) is 0. The van der Waals surface area contributed by atoms with Crippen LogP contribution < -0.4 is 10.6 Å². The lowest BCUT2D eigenvalue weighted by Crippen LogP contribution is -2.28. The minimum atomic E-state index is 0.892. The number of rotatable bonds is 2. The SMILES string of the molecule is C1CCNCC1.CC(C)CC1CCNCC1. The van der Waals surface area contributed by atoms with Crippen molar-refractivity contribution in [1.82, 2.24) is 10.6 Å². The van der Waals surface area contributed by atoms with E-state index in [1.54, 1.807) is 0 Å². The fourth-order valence-electron chi connectivity index (χ4n) is 2.59. The first-order valence-corrected chi connectivity index (χ1v) is 7.20. The van der Waals surface area contributed by atoms with Crippen LogP contribution in [-0.4, -0.2) is 26.2 Å². The highest BCUT2D eigenvalue weighted by Gasteiger charge is 2.13. The molecule has 0 bridgehead atoms. The van der Waals surface area contributed by atoms with E-state index in [0.29, 0.717) is 0 Å². The van der Waals surface area contributed by atoms with Gasteiger partial charge in [0.15, 0.2) is 0 Å². The van der Waals surface area contributed by atoms with Crippen molar-refractivity contribution in [2.24, 2.45) is 11.8 Å². The summed E-state index contributed by atoms with van der Waals surface area (Å²) in [6.45, 7) is 9.64. The van der Waals surface area contributed by atoms with Crippen LogP contribution in [-0.2, 0) is 0 Å². The Kier molecular flexibility index (Phi) is 7.87. The maximum Gasteiger partial charge on any atom is -0.00463 e. The Morgan fingerprint density at radius 1 is 0.875 bits per heavy atom. The Hall–Kier alpha value is -0.0800. The predicted octanol–water partition coefficient (Wildman–Crippen LogP) is 2.79. The Balaban J connectivity index is 0.000000181. The van der Waals surface area contributed by atoms with Crippen molar-refractivity contribution in [2.75, 3.05) is 26.2 Å². The number of hydrogen-bond acceptors (Lipinski definition) is 2.